The molecule has 0 radical (unpaired) electrons. The minimum atomic E-state index is -0.427. The Hall–Kier alpha value is -2.53. The molecule has 1 heterocycles. The van der Waals surface area contributed by atoms with Gasteiger partial charge in [-0.3, -0.25) is 4.79 Å². The molecule has 3 rings (SSSR count). The first-order valence-corrected chi connectivity index (χ1v) is 7.90. The number of ether oxygens (including phenoxy) is 4. The Morgan fingerprint density at radius 3 is 2.50 bits per heavy atom. The van der Waals surface area contributed by atoms with E-state index in [2.05, 4.69) is 0 Å². The molecule has 5 heteroatoms. The highest BCUT2D eigenvalue weighted by atomic mass is 16.7. The van der Waals surface area contributed by atoms with Crippen molar-refractivity contribution in [3.63, 3.8) is 0 Å². The Morgan fingerprint density at radius 1 is 1.12 bits per heavy atom. The molecule has 2 unspecified atom stereocenters. The zero-order valence-electron chi connectivity index (χ0n) is 13.9. The molecule has 2 atom stereocenters. The van der Waals surface area contributed by atoms with Crippen LogP contribution in [0.2, 0.25) is 0 Å². The average Bonchev–Trinajstić information content (AvgIpc) is 2.90. The van der Waals surface area contributed by atoms with E-state index >= 15 is 0 Å². The van der Waals surface area contributed by atoms with Crippen molar-refractivity contribution in [3.05, 3.63) is 53.6 Å². The Bertz CT molecular complexity index is 723. The van der Waals surface area contributed by atoms with E-state index in [9.17, 15) is 4.79 Å². The molecule has 2 aromatic rings. The molecule has 1 aliphatic heterocycles. The molecule has 0 aromatic heterocycles. The molecule has 0 saturated carbocycles. The molecule has 0 spiro atoms. The Kier molecular flexibility index (Phi) is 4.71. The van der Waals surface area contributed by atoms with Crippen LogP contribution in [0.3, 0.4) is 0 Å². The third-order valence-corrected chi connectivity index (χ3v) is 3.89. The van der Waals surface area contributed by atoms with Crippen molar-refractivity contribution in [1.29, 1.82) is 0 Å². The Balaban J connectivity index is 1.85. The molecule has 24 heavy (non-hydrogen) atoms. The molecule has 5 nitrogen and oxygen atoms in total. The van der Waals surface area contributed by atoms with Crippen LogP contribution in [-0.4, -0.2) is 26.0 Å². The molecule has 1 aliphatic rings. The number of fused-ring (bicyclic) bond motifs is 1. The summed E-state index contributed by atoms with van der Waals surface area (Å²) in [6, 6.07) is 12.8. The first-order chi connectivity index (χ1) is 11.6. The van der Waals surface area contributed by atoms with Gasteiger partial charge in [-0.2, -0.15) is 0 Å². The van der Waals surface area contributed by atoms with E-state index in [1.165, 1.54) is 0 Å². The minimum absolute atomic E-state index is 0.287. The molecule has 126 valence electrons. The summed E-state index contributed by atoms with van der Waals surface area (Å²) in [5, 5.41) is 0. The van der Waals surface area contributed by atoms with Crippen LogP contribution in [-0.2, 0) is 9.53 Å². The molecule has 0 amide bonds. The van der Waals surface area contributed by atoms with Gasteiger partial charge in [-0.25, -0.2) is 0 Å². The second-order valence-corrected chi connectivity index (χ2v) is 5.47. The maximum absolute atomic E-state index is 12.3. The van der Waals surface area contributed by atoms with Crippen molar-refractivity contribution >= 4 is 5.97 Å². The van der Waals surface area contributed by atoms with Gasteiger partial charge >= 0.3 is 5.97 Å². The number of hydrogen-bond donors (Lipinski definition) is 0. The summed E-state index contributed by atoms with van der Waals surface area (Å²) in [4.78, 5) is 12.3. The standard InChI is InChI=1S/C19H20O5/c1-4-22-12(2)23-15-9-10-16-17(11-15)24-19(20)18(16)13-5-7-14(21-3)8-6-13/h5-12,18H,4H2,1-3H3. The van der Waals surface area contributed by atoms with E-state index in [-0.39, 0.29) is 12.3 Å². The van der Waals surface area contributed by atoms with Crippen LogP contribution in [0.5, 0.6) is 17.2 Å². The van der Waals surface area contributed by atoms with E-state index in [1.807, 2.05) is 50.2 Å². The molecule has 0 aliphatic carbocycles. The normalized spacial score (nSPS) is 17.1. The summed E-state index contributed by atoms with van der Waals surface area (Å²) in [6.45, 7) is 4.30. The third-order valence-electron chi connectivity index (χ3n) is 3.89. The van der Waals surface area contributed by atoms with Crippen molar-refractivity contribution in [1.82, 2.24) is 0 Å². The maximum Gasteiger partial charge on any atom is 0.323 e. The van der Waals surface area contributed by atoms with Crippen molar-refractivity contribution in [3.8, 4) is 17.2 Å². The summed E-state index contributed by atoms with van der Waals surface area (Å²) in [7, 11) is 1.61. The SMILES string of the molecule is CCOC(C)Oc1ccc2c(c1)OC(=O)C2c1ccc(OC)cc1. The van der Waals surface area contributed by atoms with Gasteiger partial charge in [0.05, 0.1) is 7.11 Å². The minimum Gasteiger partial charge on any atom is -0.497 e. The number of hydrogen-bond acceptors (Lipinski definition) is 5. The summed E-state index contributed by atoms with van der Waals surface area (Å²) >= 11 is 0. The molecular formula is C19H20O5. The number of carbonyl (C=O) groups is 1. The quantitative estimate of drug-likeness (QED) is 0.461. The van der Waals surface area contributed by atoms with E-state index in [1.54, 1.807) is 13.2 Å². The topological polar surface area (TPSA) is 54.0 Å². The highest BCUT2D eigenvalue weighted by Gasteiger charge is 2.34. The summed E-state index contributed by atoms with van der Waals surface area (Å²) in [5.74, 6) is 1.17. The van der Waals surface area contributed by atoms with Crippen LogP contribution in [0.25, 0.3) is 0 Å². The fraction of sp³-hybridized carbons (Fsp3) is 0.316. The van der Waals surface area contributed by atoms with Gasteiger partial charge in [0.2, 0.25) is 0 Å². The number of methoxy groups -OCH3 is 1. The molecule has 0 saturated heterocycles. The van der Waals surface area contributed by atoms with E-state index < -0.39 is 5.92 Å². The van der Waals surface area contributed by atoms with Gasteiger partial charge in [0.25, 0.3) is 0 Å². The first-order valence-electron chi connectivity index (χ1n) is 7.90. The average molecular weight is 328 g/mol. The lowest BCUT2D eigenvalue weighted by Gasteiger charge is -2.15. The van der Waals surface area contributed by atoms with Crippen molar-refractivity contribution in [2.75, 3.05) is 13.7 Å². The monoisotopic (exact) mass is 328 g/mol. The van der Waals surface area contributed by atoms with Crippen molar-refractivity contribution in [2.24, 2.45) is 0 Å². The number of esters is 1. The Morgan fingerprint density at radius 2 is 1.83 bits per heavy atom. The van der Waals surface area contributed by atoms with Gasteiger partial charge in [0, 0.05) is 18.2 Å². The number of benzene rings is 2. The van der Waals surface area contributed by atoms with Crippen molar-refractivity contribution in [2.45, 2.75) is 26.1 Å². The molecule has 0 bridgehead atoms. The van der Waals surface area contributed by atoms with E-state index in [4.69, 9.17) is 18.9 Å². The fourth-order valence-corrected chi connectivity index (χ4v) is 2.78. The largest absolute Gasteiger partial charge is 0.497 e. The van der Waals surface area contributed by atoms with Crippen LogP contribution < -0.4 is 14.2 Å². The highest BCUT2D eigenvalue weighted by molar-refractivity contribution is 5.89. The van der Waals surface area contributed by atoms with Gasteiger partial charge in [-0.15, -0.1) is 0 Å². The van der Waals surface area contributed by atoms with E-state index in [0.29, 0.717) is 18.1 Å². The van der Waals surface area contributed by atoms with E-state index in [0.717, 1.165) is 16.9 Å². The third kappa shape index (κ3) is 3.21. The Labute approximate surface area is 141 Å². The summed E-state index contributed by atoms with van der Waals surface area (Å²) in [6.07, 6.45) is -0.359. The molecule has 0 N–H and O–H groups in total. The predicted molar refractivity (Wildman–Crippen MR) is 88.6 cm³/mol. The van der Waals surface area contributed by atoms with Gasteiger partial charge in [0.15, 0.2) is 6.29 Å². The van der Waals surface area contributed by atoms with Crippen LogP contribution in [0, 0.1) is 0 Å². The highest BCUT2D eigenvalue weighted by Crippen LogP contribution is 2.41. The van der Waals surface area contributed by atoms with Crippen LogP contribution >= 0.6 is 0 Å². The van der Waals surface area contributed by atoms with Crippen LogP contribution in [0.1, 0.15) is 30.9 Å². The predicted octanol–water partition coefficient (Wildman–Crippen LogP) is 3.51. The first kappa shape index (κ1) is 16.3. The number of carbonyl (C=O) groups excluding carboxylic acids is 1. The lowest BCUT2D eigenvalue weighted by Crippen LogP contribution is -2.15. The summed E-state index contributed by atoms with van der Waals surface area (Å²) in [5.41, 5.74) is 1.71. The molecule has 0 fully saturated rings. The van der Waals surface area contributed by atoms with Crippen molar-refractivity contribution < 1.29 is 23.7 Å². The maximum atomic E-state index is 12.3. The second kappa shape index (κ2) is 6.93. The molecular weight excluding hydrogens is 308 g/mol. The summed E-state index contributed by atoms with van der Waals surface area (Å²) < 4.78 is 21.6. The zero-order chi connectivity index (χ0) is 17.1. The fourth-order valence-electron chi connectivity index (χ4n) is 2.78. The van der Waals surface area contributed by atoms with Gasteiger partial charge in [-0.05, 0) is 37.6 Å². The van der Waals surface area contributed by atoms with Crippen LogP contribution in [0.15, 0.2) is 42.5 Å². The van der Waals surface area contributed by atoms with Gasteiger partial charge < -0.3 is 18.9 Å². The zero-order valence-corrected chi connectivity index (χ0v) is 13.9. The van der Waals surface area contributed by atoms with Crippen LogP contribution in [0.4, 0.5) is 0 Å². The molecule has 2 aromatic carbocycles. The lowest BCUT2D eigenvalue weighted by atomic mass is 9.92. The smallest absolute Gasteiger partial charge is 0.323 e. The lowest BCUT2D eigenvalue weighted by molar-refractivity contribution is -0.133. The van der Waals surface area contributed by atoms with Gasteiger partial charge in [-0.1, -0.05) is 18.2 Å². The number of rotatable bonds is 6. The second-order valence-electron chi connectivity index (χ2n) is 5.47. The van der Waals surface area contributed by atoms with Gasteiger partial charge in [0.1, 0.15) is 23.2 Å².